The van der Waals surface area contributed by atoms with Crippen LogP contribution >= 0.6 is 0 Å². The van der Waals surface area contributed by atoms with Crippen molar-refractivity contribution < 1.29 is 9.59 Å². The number of hydrogen-bond donors (Lipinski definition) is 3. The monoisotopic (exact) mass is 431 g/mol. The molecule has 3 N–H and O–H groups in total. The molecule has 2 aliphatic rings. The molecule has 4 heterocycles. The van der Waals surface area contributed by atoms with Crippen LogP contribution in [0.2, 0.25) is 0 Å². The molecule has 2 saturated carbocycles. The van der Waals surface area contributed by atoms with E-state index < -0.39 is 5.91 Å². The minimum atomic E-state index is -0.400. The third-order valence-electron chi connectivity index (χ3n) is 5.95. The smallest absolute Gasteiger partial charge is 0.274 e. The molecular formula is C21H21N9O2. The number of H-pyrrole nitrogens is 1. The fourth-order valence-corrected chi connectivity index (χ4v) is 3.74. The van der Waals surface area contributed by atoms with Crippen LogP contribution in [0.5, 0.6) is 0 Å². The zero-order chi connectivity index (χ0) is 21.7. The van der Waals surface area contributed by atoms with Crippen LogP contribution in [0.4, 0.5) is 5.69 Å². The van der Waals surface area contributed by atoms with Gasteiger partial charge in [0.1, 0.15) is 5.56 Å². The summed E-state index contributed by atoms with van der Waals surface area (Å²) < 4.78 is 3.33. The predicted molar refractivity (Wildman–Crippen MR) is 114 cm³/mol. The number of nitrogens with zero attached hydrogens (tertiary/aromatic N) is 6. The van der Waals surface area contributed by atoms with Crippen LogP contribution in [0, 0.1) is 0 Å². The highest BCUT2D eigenvalue weighted by molar-refractivity contribution is 6.11. The van der Waals surface area contributed by atoms with Crippen molar-refractivity contribution in [3.63, 3.8) is 0 Å². The molecule has 11 heteroatoms. The molecule has 0 aliphatic heterocycles. The quantitative estimate of drug-likeness (QED) is 0.428. The Balaban J connectivity index is 1.31. The number of aromatic amines is 1. The van der Waals surface area contributed by atoms with Gasteiger partial charge in [0.2, 0.25) is 0 Å². The number of amides is 2. The van der Waals surface area contributed by atoms with Crippen molar-refractivity contribution in [3.8, 4) is 11.4 Å². The SMILES string of the molecule is O=C(NC1CC1)c1nn(C2CCC2)cc1NC(=O)c1cnn2ccc(-c3ccn[nH]3)nc12. The van der Waals surface area contributed by atoms with E-state index in [1.165, 1.54) is 10.7 Å². The van der Waals surface area contributed by atoms with E-state index in [1.807, 2.05) is 0 Å². The first-order chi connectivity index (χ1) is 15.7. The number of hydrogen-bond acceptors (Lipinski definition) is 6. The molecule has 6 rings (SSSR count). The lowest BCUT2D eigenvalue weighted by molar-refractivity contribution is 0.0945. The molecular weight excluding hydrogens is 410 g/mol. The molecule has 0 radical (unpaired) electrons. The Kier molecular flexibility index (Phi) is 4.27. The van der Waals surface area contributed by atoms with E-state index in [4.69, 9.17) is 0 Å². The van der Waals surface area contributed by atoms with Gasteiger partial charge in [0.05, 0.1) is 29.3 Å². The molecule has 0 saturated heterocycles. The first-order valence-electron chi connectivity index (χ1n) is 10.7. The third-order valence-corrected chi connectivity index (χ3v) is 5.95. The molecule has 0 atom stereocenters. The highest BCUT2D eigenvalue weighted by Crippen LogP contribution is 2.33. The lowest BCUT2D eigenvalue weighted by Crippen LogP contribution is -2.27. The van der Waals surface area contributed by atoms with E-state index in [2.05, 4.69) is 36.0 Å². The van der Waals surface area contributed by atoms with Crippen LogP contribution in [0.1, 0.15) is 59.0 Å². The number of fused-ring (bicyclic) bond motifs is 1. The van der Waals surface area contributed by atoms with Gasteiger partial charge in [-0.05, 0) is 44.2 Å². The summed E-state index contributed by atoms with van der Waals surface area (Å²) in [5.74, 6) is -0.664. The summed E-state index contributed by atoms with van der Waals surface area (Å²) in [6.07, 6.45) is 11.7. The van der Waals surface area contributed by atoms with Gasteiger partial charge in [-0.25, -0.2) is 9.50 Å². The van der Waals surface area contributed by atoms with Gasteiger partial charge in [-0.3, -0.25) is 19.4 Å². The van der Waals surface area contributed by atoms with Gasteiger partial charge in [0.15, 0.2) is 11.3 Å². The van der Waals surface area contributed by atoms with Gasteiger partial charge >= 0.3 is 0 Å². The lowest BCUT2D eigenvalue weighted by atomic mass is 9.93. The molecule has 4 aromatic heterocycles. The molecule has 2 fully saturated rings. The average molecular weight is 431 g/mol. The summed E-state index contributed by atoms with van der Waals surface area (Å²) in [5.41, 5.74) is 2.72. The van der Waals surface area contributed by atoms with Crippen molar-refractivity contribution in [2.75, 3.05) is 5.32 Å². The second-order valence-corrected chi connectivity index (χ2v) is 8.27. The lowest BCUT2D eigenvalue weighted by Gasteiger charge is -2.25. The molecule has 2 amide bonds. The van der Waals surface area contributed by atoms with Gasteiger partial charge in [0, 0.05) is 24.6 Å². The van der Waals surface area contributed by atoms with Gasteiger partial charge < -0.3 is 10.6 Å². The molecule has 0 unspecified atom stereocenters. The Hall–Kier alpha value is -4.02. The largest absolute Gasteiger partial charge is 0.348 e. The zero-order valence-electron chi connectivity index (χ0n) is 17.2. The number of anilines is 1. The van der Waals surface area contributed by atoms with Crippen LogP contribution in [-0.4, -0.2) is 52.4 Å². The molecule has 4 aromatic rings. The summed E-state index contributed by atoms with van der Waals surface area (Å²) in [6, 6.07) is 4.06. The summed E-state index contributed by atoms with van der Waals surface area (Å²) in [4.78, 5) is 30.5. The van der Waals surface area contributed by atoms with Crippen molar-refractivity contribution >= 4 is 23.1 Å². The second-order valence-electron chi connectivity index (χ2n) is 8.27. The maximum absolute atomic E-state index is 13.2. The Bertz CT molecular complexity index is 1310. The Morgan fingerprint density at radius 1 is 1.12 bits per heavy atom. The van der Waals surface area contributed by atoms with Crippen molar-refractivity contribution in [2.45, 2.75) is 44.2 Å². The first-order valence-corrected chi connectivity index (χ1v) is 10.7. The minimum absolute atomic E-state index is 0.199. The number of aromatic nitrogens is 7. The summed E-state index contributed by atoms with van der Waals surface area (Å²) in [5, 5.41) is 21.4. The maximum Gasteiger partial charge on any atom is 0.274 e. The van der Waals surface area contributed by atoms with Gasteiger partial charge in [-0.15, -0.1) is 0 Å². The summed E-state index contributed by atoms with van der Waals surface area (Å²) in [6.45, 7) is 0. The van der Waals surface area contributed by atoms with Crippen molar-refractivity contribution in [1.82, 2.24) is 39.9 Å². The fourth-order valence-electron chi connectivity index (χ4n) is 3.74. The van der Waals surface area contributed by atoms with E-state index in [-0.39, 0.29) is 23.7 Å². The molecule has 0 bridgehead atoms. The second kappa shape index (κ2) is 7.29. The van der Waals surface area contributed by atoms with Crippen molar-refractivity contribution in [1.29, 1.82) is 0 Å². The Morgan fingerprint density at radius 3 is 2.72 bits per heavy atom. The highest BCUT2D eigenvalue weighted by Gasteiger charge is 2.29. The van der Waals surface area contributed by atoms with E-state index in [0.717, 1.165) is 37.8 Å². The molecule has 162 valence electrons. The molecule has 0 spiro atoms. The number of nitrogens with one attached hydrogen (secondary N) is 3. The first kappa shape index (κ1) is 18.7. The van der Waals surface area contributed by atoms with Gasteiger partial charge in [-0.1, -0.05) is 0 Å². The van der Waals surface area contributed by atoms with E-state index in [1.54, 1.807) is 35.4 Å². The van der Waals surface area contributed by atoms with Crippen LogP contribution in [-0.2, 0) is 0 Å². The van der Waals surface area contributed by atoms with Crippen LogP contribution < -0.4 is 10.6 Å². The maximum atomic E-state index is 13.2. The Morgan fingerprint density at radius 2 is 2.00 bits per heavy atom. The number of rotatable bonds is 6. The number of carbonyl (C=O) groups excluding carboxylic acids is 2. The van der Waals surface area contributed by atoms with E-state index in [0.29, 0.717) is 22.6 Å². The highest BCUT2D eigenvalue weighted by atomic mass is 16.2. The van der Waals surface area contributed by atoms with Crippen LogP contribution in [0.25, 0.3) is 17.0 Å². The normalized spacial score (nSPS) is 16.1. The Labute approximate surface area is 182 Å². The molecule has 11 nitrogen and oxygen atoms in total. The van der Waals surface area contributed by atoms with Gasteiger partial charge in [-0.2, -0.15) is 15.3 Å². The average Bonchev–Trinajstić information content (AvgIpc) is 3.15. The molecule has 2 aliphatic carbocycles. The molecule has 0 aromatic carbocycles. The summed E-state index contributed by atoms with van der Waals surface area (Å²) in [7, 11) is 0. The minimum Gasteiger partial charge on any atom is -0.348 e. The van der Waals surface area contributed by atoms with Crippen LogP contribution in [0.3, 0.4) is 0 Å². The van der Waals surface area contributed by atoms with Crippen molar-refractivity contribution in [2.24, 2.45) is 0 Å². The van der Waals surface area contributed by atoms with Gasteiger partial charge in [0.25, 0.3) is 11.8 Å². The van der Waals surface area contributed by atoms with E-state index in [9.17, 15) is 9.59 Å². The topological polar surface area (TPSA) is 135 Å². The van der Waals surface area contributed by atoms with Crippen LogP contribution in [0.15, 0.2) is 36.9 Å². The zero-order valence-corrected chi connectivity index (χ0v) is 17.2. The fraction of sp³-hybridized carbons (Fsp3) is 0.333. The standard InChI is InChI=1S/C21H21N9O2/c31-20(14-10-23-29-9-7-15(25-19(14)29)16-6-8-22-27-16)26-17-11-30(13-2-1-3-13)28-18(17)21(32)24-12-4-5-12/h6-13H,1-5H2,(H,22,27)(H,24,32)(H,26,31). The summed E-state index contributed by atoms with van der Waals surface area (Å²) >= 11 is 0. The third kappa shape index (κ3) is 3.31. The molecule has 32 heavy (non-hydrogen) atoms. The number of carbonyl (C=O) groups is 2. The van der Waals surface area contributed by atoms with Crippen molar-refractivity contribution in [3.05, 3.63) is 48.2 Å². The predicted octanol–water partition coefficient (Wildman–Crippen LogP) is 2.19. The van der Waals surface area contributed by atoms with E-state index >= 15 is 0 Å².